The molecule has 0 saturated heterocycles. The fraction of sp³-hybridized carbons (Fsp3) is 0.345. The summed E-state index contributed by atoms with van der Waals surface area (Å²) in [6, 6.07) is 65.3. The van der Waals surface area contributed by atoms with Crippen molar-refractivity contribution in [3.63, 3.8) is 0 Å². The van der Waals surface area contributed by atoms with Crippen LogP contribution in [-0.4, -0.2) is 15.8 Å². The molecule has 0 bridgehead atoms. The van der Waals surface area contributed by atoms with E-state index in [0.717, 1.165) is 44.5 Å². The van der Waals surface area contributed by atoms with Crippen LogP contribution in [0.15, 0.2) is 255 Å². The van der Waals surface area contributed by atoms with Crippen LogP contribution < -0.4 is 26.2 Å². The van der Waals surface area contributed by atoms with Gasteiger partial charge in [-0.3, -0.25) is 0 Å². The fourth-order valence-electron chi connectivity index (χ4n) is 18.4. The summed E-state index contributed by atoms with van der Waals surface area (Å²) in [5.41, 5.74) is 11.5. The molecule has 17 rings (SSSR count). The van der Waals surface area contributed by atoms with E-state index in [9.17, 15) is 24.7 Å². The first-order chi connectivity index (χ1) is 65.3. The molecule has 0 radical (unpaired) electrons. The summed E-state index contributed by atoms with van der Waals surface area (Å²) in [5, 5.41) is 1.13. The number of nitrogens with zero attached hydrogens (tertiary/aromatic N) is 4. The van der Waals surface area contributed by atoms with Crippen LogP contribution in [0.4, 0.5) is 34.1 Å². The number of aromatic nitrogens is 2. The summed E-state index contributed by atoms with van der Waals surface area (Å²) < 4.78 is 187. The largest absolute Gasteiger partial charge is 0.311 e. The van der Waals surface area contributed by atoms with Crippen LogP contribution in [0, 0.1) is 27.1 Å². The minimum absolute atomic E-state index is 0.134. The van der Waals surface area contributed by atoms with E-state index in [-0.39, 0.29) is 51.5 Å². The zero-order valence-corrected chi connectivity index (χ0v) is 78.0. The highest BCUT2D eigenvalue weighted by Crippen LogP contribution is 2.55. The molecule has 2 aliphatic heterocycles. The van der Waals surface area contributed by atoms with Crippen molar-refractivity contribution in [1.29, 1.82) is 0 Å². The predicted molar refractivity (Wildman–Crippen MR) is 541 cm³/mol. The van der Waals surface area contributed by atoms with Gasteiger partial charge in [-0.05, 0) is 277 Å². The Morgan fingerprint density at radius 2 is 0.589 bits per heavy atom. The van der Waals surface area contributed by atoms with Crippen LogP contribution in [0.2, 0.25) is 0 Å². The van der Waals surface area contributed by atoms with Gasteiger partial charge in [-0.1, -0.05) is 345 Å². The maximum absolute atomic E-state index is 11.2. The Balaban J connectivity index is 1.14. The third kappa shape index (κ3) is 16.7. The van der Waals surface area contributed by atoms with Crippen LogP contribution in [0.5, 0.6) is 0 Å². The highest BCUT2D eigenvalue weighted by atomic mass is 15.2. The average Bonchev–Trinajstić information content (AvgIpc) is 0.777. The molecular weight excluding hydrogens is 1500 g/mol. The lowest BCUT2D eigenvalue weighted by Crippen LogP contribution is -2.61. The number of benzene rings is 13. The van der Waals surface area contributed by atoms with E-state index in [2.05, 4.69) is 178 Å². The Labute approximate surface area is 768 Å². The number of hydrogen-bond donors (Lipinski definition) is 0. The number of hydrogen-bond acceptors (Lipinski definition) is 2. The van der Waals surface area contributed by atoms with Crippen molar-refractivity contribution in [2.75, 3.05) is 9.80 Å². The molecule has 0 spiro atoms. The molecule has 5 heteroatoms. The van der Waals surface area contributed by atoms with Gasteiger partial charge in [-0.25, -0.2) is 0 Å². The van der Waals surface area contributed by atoms with Gasteiger partial charge in [0.25, 0.3) is 6.71 Å². The highest BCUT2D eigenvalue weighted by Gasteiger charge is 2.46. The minimum atomic E-state index is -2.26. The zero-order chi connectivity index (χ0) is 104. The van der Waals surface area contributed by atoms with Gasteiger partial charge >= 0.3 is 0 Å². The van der Waals surface area contributed by atoms with Gasteiger partial charge in [0.1, 0.15) is 0 Å². The minimum Gasteiger partial charge on any atom is -0.311 e. The van der Waals surface area contributed by atoms with E-state index in [1.807, 2.05) is 198 Å². The summed E-state index contributed by atoms with van der Waals surface area (Å²) in [6.07, 6.45) is -10.3. The van der Waals surface area contributed by atoms with Crippen molar-refractivity contribution < 1.29 is 24.7 Å². The molecule has 0 unspecified atom stereocenters. The summed E-state index contributed by atoms with van der Waals surface area (Å²) in [7, 11) is 0. The normalized spacial score (nSPS) is 16.4. The van der Waals surface area contributed by atoms with Crippen molar-refractivity contribution in [3.8, 4) is 55.9 Å². The smallest absolute Gasteiger partial charge is 0.252 e. The number of anilines is 6. The molecule has 2 aliphatic rings. The summed E-state index contributed by atoms with van der Waals surface area (Å²) >= 11 is 0. The van der Waals surface area contributed by atoms with E-state index in [0.29, 0.717) is 128 Å². The molecule has 2 aromatic heterocycles. The molecule has 0 fully saturated rings. The quantitative estimate of drug-likeness (QED) is 0.107. The second-order valence-corrected chi connectivity index (χ2v) is 44.1. The van der Waals surface area contributed by atoms with Gasteiger partial charge in [0.05, 0.1) is 44.4 Å². The van der Waals surface area contributed by atoms with Crippen molar-refractivity contribution in [2.45, 2.75) is 240 Å². The Kier molecular flexibility index (Phi) is 16.2. The Hall–Kier alpha value is -10.9. The molecule has 0 aliphatic carbocycles. The monoisotopic (exact) mass is 1650 g/mol. The maximum atomic E-state index is 11.2. The first-order valence-electron chi connectivity index (χ1n) is 53.3. The summed E-state index contributed by atoms with van der Waals surface area (Å²) in [4.78, 5) is 4.44. The number of para-hydroxylation sites is 2. The molecule has 0 saturated carbocycles. The topological polar surface area (TPSA) is 16.3 Å². The summed E-state index contributed by atoms with van der Waals surface area (Å²) in [5.74, 6) is 0. The second kappa shape index (κ2) is 30.5. The lowest BCUT2D eigenvalue weighted by atomic mass is 9.33. The number of rotatable bonds is 13. The van der Waals surface area contributed by atoms with Crippen LogP contribution in [0.1, 0.15) is 262 Å². The highest BCUT2D eigenvalue weighted by molar-refractivity contribution is 7.00. The standard InChI is InChI=1S/C119H133BN4/c1-111(2,3)70-75-48-54-102-96(56-75)90-44-28-30-46-100(90)121(102)88-50-52-98-106(66-88)123(104-68-92(78-36-32-40-84(60-78)116(16,17)18)82(73-114(10,11)12)64-94(104)80-38-34-42-86(62-80)118(22,23)24)108-58-77(72-113(7,8)9)59-109-110(108)120(98)99-53-51-89(122-101-47-31-29-45-91(101)97-57-76(49-55-103(97)122)71-112(4,5)6)67-107(99)124(109)105-69-93(79-37-33-41-85(61-79)117(19,20)21)83(74-115(13,14)15)65-95(105)81-39-35-43-87(63-81)119(25,26)27/h28-69H,70-74H2,1-27H3/i28D,29D,30D,31D,44D,45D,46D,47D,70D2,71D2,72D2,73D2,74D2. The molecule has 4 nitrogen and oxygen atoms in total. The molecule has 0 amide bonds. The molecule has 0 atom stereocenters. The summed E-state index contributed by atoms with van der Waals surface area (Å²) in [6.45, 7) is 53.2. The van der Waals surface area contributed by atoms with Crippen LogP contribution in [0.3, 0.4) is 0 Å². The van der Waals surface area contributed by atoms with Gasteiger partial charge in [0, 0.05) is 80.5 Å². The molecule has 124 heavy (non-hydrogen) atoms. The number of fused-ring (bicyclic) bond motifs is 10. The average molecular weight is 1650 g/mol. The van der Waals surface area contributed by atoms with Gasteiger partial charge in [-0.2, -0.15) is 0 Å². The van der Waals surface area contributed by atoms with E-state index in [1.165, 1.54) is 0 Å². The molecule has 0 N–H and O–H groups in total. The van der Waals surface area contributed by atoms with Gasteiger partial charge in [0.15, 0.2) is 0 Å². The molecule has 15 aromatic rings. The predicted octanol–water partition coefficient (Wildman–Crippen LogP) is 31.8. The zero-order valence-electron chi connectivity index (χ0n) is 96.0. The van der Waals surface area contributed by atoms with E-state index in [4.69, 9.17) is 0 Å². The third-order valence-electron chi connectivity index (χ3n) is 23.8. The van der Waals surface area contributed by atoms with Crippen molar-refractivity contribution in [3.05, 3.63) is 305 Å². The lowest BCUT2D eigenvalue weighted by molar-refractivity contribution is 0.411. The van der Waals surface area contributed by atoms with Crippen molar-refractivity contribution >= 4 is 101 Å². The van der Waals surface area contributed by atoms with Crippen molar-refractivity contribution in [2.24, 2.45) is 27.1 Å². The maximum Gasteiger partial charge on any atom is 0.252 e. The fourth-order valence-corrected chi connectivity index (χ4v) is 18.4. The van der Waals surface area contributed by atoms with Crippen LogP contribution >= 0.6 is 0 Å². The molecule has 13 aromatic carbocycles. The molecule has 632 valence electrons. The lowest BCUT2D eigenvalue weighted by Gasteiger charge is -2.46. The first-order valence-corrected chi connectivity index (χ1v) is 44.3. The van der Waals surface area contributed by atoms with E-state index in [1.54, 1.807) is 36.4 Å². The van der Waals surface area contributed by atoms with Crippen molar-refractivity contribution in [1.82, 2.24) is 9.13 Å². The van der Waals surface area contributed by atoms with Crippen LogP contribution in [-0.2, 0) is 53.5 Å². The Morgan fingerprint density at radius 3 is 0.919 bits per heavy atom. The van der Waals surface area contributed by atoms with Gasteiger partial charge in [0.2, 0.25) is 0 Å². The first kappa shape index (κ1) is 65.7. The molecule has 4 heterocycles. The third-order valence-corrected chi connectivity index (χ3v) is 23.8. The van der Waals surface area contributed by atoms with Gasteiger partial charge < -0.3 is 18.9 Å². The van der Waals surface area contributed by atoms with Gasteiger partial charge in [-0.15, -0.1) is 0 Å². The van der Waals surface area contributed by atoms with E-state index >= 15 is 0 Å². The van der Waals surface area contributed by atoms with Crippen LogP contribution in [0.25, 0.3) is 99.5 Å². The SMILES string of the molecule is [2H]c1c([2H])c([2H])c2c(c1[2H])c1cc(C([2H])([2H])C(C)(C)C)ccc1n2-c1ccc2c(c1)N(c1cc(-c3cccc(C(C)(C)C)c3)c(C([2H])([2H])C(C)(C)C)cc1-c1cccc(C(C)(C)C)c1)c1cc(C([2H])([2H])C(C)(C)C)cc3c1B2c1ccc(-n2c4ccc(C([2H])([2H])C(C)(C)C)cc4c4c([2H])c([2H])c([2H])c([2H])c42)cc1N3c1cc(-c2cccc(C(C)(C)C)c2)c(C([2H])([2H])C(C)(C)C)cc1-c1cccc(C(C)(C)C)c1. The molecular formula is C119H133BN4. The van der Waals surface area contributed by atoms with E-state index < -0.39 is 111 Å². The second-order valence-electron chi connectivity index (χ2n) is 44.1. The Bertz CT molecular complexity index is 7320. The Morgan fingerprint density at radius 1 is 0.266 bits per heavy atom.